The van der Waals surface area contributed by atoms with Crippen molar-refractivity contribution in [3.05, 3.63) is 83.4 Å². The first-order valence-electron chi connectivity index (χ1n) is 10.1. The number of nitrogens with one attached hydrogen (secondary N) is 1. The third-order valence-corrected chi connectivity index (χ3v) is 6.46. The van der Waals surface area contributed by atoms with Gasteiger partial charge in [-0.2, -0.15) is 0 Å². The van der Waals surface area contributed by atoms with E-state index in [1.807, 2.05) is 60.4 Å². The first kappa shape index (κ1) is 21.8. The van der Waals surface area contributed by atoms with E-state index in [0.29, 0.717) is 28.5 Å². The summed E-state index contributed by atoms with van der Waals surface area (Å²) in [7, 11) is 3.09. The van der Waals surface area contributed by atoms with E-state index in [-0.39, 0.29) is 17.2 Å². The molecule has 32 heavy (non-hydrogen) atoms. The van der Waals surface area contributed by atoms with Crippen LogP contribution in [0.4, 0.5) is 11.4 Å². The molecular weight excluding hydrogens is 424 g/mol. The van der Waals surface area contributed by atoms with E-state index in [1.54, 1.807) is 44.2 Å². The number of carbonyl (C=O) groups is 2. The molecule has 0 bridgehead atoms. The Kier molecular flexibility index (Phi) is 6.37. The summed E-state index contributed by atoms with van der Waals surface area (Å²) in [5, 5.41) is 2.80. The van der Waals surface area contributed by atoms with Gasteiger partial charge in [0.15, 0.2) is 0 Å². The van der Waals surface area contributed by atoms with Gasteiger partial charge in [0.05, 0.1) is 20.0 Å². The molecule has 2 amide bonds. The minimum atomic E-state index is -0.262. The van der Waals surface area contributed by atoms with Crippen molar-refractivity contribution < 1.29 is 19.1 Å². The van der Waals surface area contributed by atoms with Gasteiger partial charge in [0, 0.05) is 23.0 Å². The van der Waals surface area contributed by atoms with Crippen molar-refractivity contribution in [1.29, 1.82) is 0 Å². The second kappa shape index (κ2) is 9.36. The van der Waals surface area contributed by atoms with Crippen molar-refractivity contribution in [2.75, 3.05) is 30.2 Å². The van der Waals surface area contributed by atoms with Crippen LogP contribution in [0.15, 0.2) is 66.7 Å². The number of carbonyl (C=O) groups excluding carboxylic acids is 2. The standard InChI is InChI=1S/C25H24N2O4S/c1-16-4-10-20(11-5-16)27-23(28)15-32-25(27)17-6-8-19(9-7-17)26-24(29)18-12-21(30-2)14-22(13-18)31-3/h4-14,25H,15H2,1-3H3,(H,26,29). The number of hydrogen-bond donors (Lipinski definition) is 1. The number of rotatable bonds is 6. The molecule has 0 aromatic heterocycles. The number of thioether (sulfide) groups is 1. The maximum absolute atomic E-state index is 12.7. The van der Waals surface area contributed by atoms with Gasteiger partial charge in [-0.15, -0.1) is 11.8 Å². The van der Waals surface area contributed by atoms with Gasteiger partial charge in [-0.3, -0.25) is 14.5 Å². The van der Waals surface area contributed by atoms with Crippen molar-refractivity contribution in [2.45, 2.75) is 12.3 Å². The second-order valence-electron chi connectivity index (χ2n) is 7.44. The molecule has 0 saturated carbocycles. The molecule has 1 heterocycles. The summed E-state index contributed by atoms with van der Waals surface area (Å²) in [6.07, 6.45) is 0. The van der Waals surface area contributed by atoms with Gasteiger partial charge in [-0.05, 0) is 48.9 Å². The average molecular weight is 449 g/mol. The van der Waals surface area contributed by atoms with Crippen molar-refractivity contribution in [2.24, 2.45) is 0 Å². The minimum absolute atomic E-state index is 0.0909. The van der Waals surface area contributed by atoms with Crippen LogP contribution in [0.3, 0.4) is 0 Å². The number of ether oxygens (including phenoxy) is 2. The molecule has 7 heteroatoms. The molecule has 1 saturated heterocycles. The fraction of sp³-hybridized carbons (Fsp3) is 0.200. The maximum atomic E-state index is 12.7. The lowest BCUT2D eigenvalue weighted by molar-refractivity contribution is -0.115. The molecule has 3 aromatic carbocycles. The van der Waals surface area contributed by atoms with Crippen LogP contribution in [0.1, 0.15) is 26.9 Å². The number of amides is 2. The highest BCUT2D eigenvalue weighted by molar-refractivity contribution is 8.00. The van der Waals surface area contributed by atoms with Crippen LogP contribution in [-0.4, -0.2) is 31.8 Å². The SMILES string of the molecule is COc1cc(OC)cc(C(=O)Nc2ccc(C3SCC(=O)N3c3ccc(C)cc3)cc2)c1. The van der Waals surface area contributed by atoms with Crippen molar-refractivity contribution in [1.82, 2.24) is 0 Å². The van der Waals surface area contributed by atoms with E-state index in [9.17, 15) is 9.59 Å². The third kappa shape index (κ3) is 4.57. The summed E-state index contributed by atoms with van der Waals surface area (Å²) >= 11 is 1.60. The minimum Gasteiger partial charge on any atom is -0.497 e. The van der Waals surface area contributed by atoms with E-state index < -0.39 is 0 Å². The maximum Gasteiger partial charge on any atom is 0.255 e. The molecule has 0 radical (unpaired) electrons. The van der Waals surface area contributed by atoms with Gasteiger partial charge >= 0.3 is 0 Å². The molecule has 1 aliphatic heterocycles. The lowest BCUT2D eigenvalue weighted by Crippen LogP contribution is -2.27. The predicted molar refractivity (Wildman–Crippen MR) is 128 cm³/mol. The zero-order valence-electron chi connectivity index (χ0n) is 18.1. The van der Waals surface area contributed by atoms with Crippen LogP contribution in [-0.2, 0) is 4.79 Å². The number of methoxy groups -OCH3 is 2. The van der Waals surface area contributed by atoms with E-state index in [2.05, 4.69) is 5.32 Å². The van der Waals surface area contributed by atoms with Crippen molar-refractivity contribution >= 4 is 35.0 Å². The number of hydrogen-bond acceptors (Lipinski definition) is 5. The predicted octanol–water partition coefficient (Wildman–Crippen LogP) is 5.04. The Morgan fingerprint density at radius 1 is 0.969 bits per heavy atom. The lowest BCUT2D eigenvalue weighted by atomic mass is 10.1. The monoisotopic (exact) mass is 448 g/mol. The largest absolute Gasteiger partial charge is 0.497 e. The van der Waals surface area contributed by atoms with Crippen LogP contribution >= 0.6 is 11.8 Å². The summed E-state index contributed by atoms with van der Waals surface area (Å²) in [6.45, 7) is 2.02. The fourth-order valence-electron chi connectivity index (χ4n) is 3.53. The quantitative estimate of drug-likeness (QED) is 0.572. The molecule has 0 aliphatic carbocycles. The van der Waals surface area contributed by atoms with Gasteiger partial charge in [0.2, 0.25) is 5.91 Å². The van der Waals surface area contributed by atoms with E-state index in [1.165, 1.54) is 0 Å². The molecule has 1 N–H and O–H groups in total. The van der Waals surface area contributed by atoms with E-state index >= 15 is 0 Å². The molecule has 4 rings (SSSR count). The smallest absolute Gasteiger partial charge is 0.255 e. The van der Waals surface area contributed by atoms with Crippen LogP contribution < -0.4 is 19.7 Å². The summed E-state index contributed by atoms with van der Waals surface area (Å²) in [5.74, 6) is 1.36. The molecule has 6 nitrogen and oxygen atoms in total. The Hall–Kier alpha value is -3.45. The summed E-state index contributed by atoms with van der Waals surface area (Å²) in [4.78, 5) is 27.1. The second-order valence-corrected chi connectivity index (χ2v) is 8.51. The molecular formula is C25H24N2O4S. The summed E-state index contributed by atoms with van der Waals surface area (Å²) < 4.78 is 10.5. The number of anilines is 2. The molecule has 1 fully saturated rings. The summed E-state index contributed by atoms with van der Waals surface area (Å²) in [6, 6.07) is 20.6. The van der Waals surface area contributed by atoms with Crippen molar-refractivity contribution in [3.8, 4) is 11.5 Å². The van der Waals surface area contributed by atoms with Crippen molar-refractivity contribution in [3.63, 3.8) is 0 Å². The lowest BCUT2D eigenvalue weighted by Gasteiger charge is -2.24. The van der Waals surface area contributed by atoms with Crippen LogP contribution in [0.2, 0.25) is 0 Å². The number of nitrogens with zero attached hydrogens (tertiary/aromatic N) is 1. The molecule has 1 atom stereocenters. The van der Waals surface area contributed by atoms with Gasteiger partial charge in [-0.25, -0.2) is 0 Å². The highest BCUT2D eigenvalue weighted by Gasteiger charge is 2.33. The Morgan fingerprint density at radius 2 is 1.59 bits per heavy atom. The molecule has 0 spiro atoms. The first-order valence-corrected chi connectivity index (χ1v) is 11.2. The molecule has 3 aromatic rings. The van der Waals surface area contributed by atoms with Crippen LogP contribution in [0.25, 0.3) is 0 Å². The molecule has 1 aliphatic rings. The Bertz CT molecular complexity index is 1110. The van der Waals surface area contributed by atoms with Crippen LogP contribution in [0, 0.1) is 6.92 Å². The molecule has 1 unspecified atom stereocenters. The zero-order chi connectivity index (χ0) is 22.7. The van der Waals surface area contributed by atoms with E-state index in [0.717, 1.165) is 16.8 Å². The normalized spacial score (nSPS) is 15.5. The number of aryl methyl sites for hydroxylation is 1. The van der Waals surface area contributed by atoms with Gasteiger partial charge in [0.1, 0.15) is 16.9 Å². The van der Waals surface area contributed by atoms with Crippen LogP contribution in [0.5, 0.6) is 11.5 Å². The third-order valence-electron chi connectivity index (χ3n) is 5.25. The molecule has 164 valence electrons. The number of benzene rings is 3. The average Bonchev–Trinajstić information content (AvgIpc) is 3.21. The van der Waals surface area contributed by atoms with Gasteiger partial charge in [-0.1, -0.05) is 29.8 Å². The zero-order valence-corrected chi connectivity index (χ0v) is 18.9. The first-order chi connectivity index (χ1) is 15.5. The Balaban J connectivity index is 1.51. The van der Waals surface area contributed by atoms with Gasteiger partial charge in [0.25, 0.3) is 5.91 Å². The van der Waals surface area contributed by atoms with E-state index in [4.69, 9.17) is 9.47 Å². The van der Waals surface area contributed by atoms with Gasteiger partial charge < -0.3 is 14.8 Å². The Labute approximate surface area is 191 Å². The topological polar surface area (TPSA) is 67.9 Å². The Morgan fingerprint density at radius 3 is 2.19 bits per heavy atom. The fourth-order valence-corrected chi connectivity index (χ4v) is 4.71. The summed E-state index contributed by atoms with van der Waals surface area (Å²) in [5.41, 5.74) is 4.14. The highest BCUT2D eigenvalue weighted by Crippen LogP contribution is 2.42. The highest BCUT2D eigenvalue weighted by atomic mass is 32.2.